The number of pyridine rings is 2. The summed E-state index contributed by atoms with van der Waals surface area (Å²) in [5, 5.41) is 4.52. The molecule has 1 aliphatic heterocycles. The van der Waals surface area contributed by atoms with E-state index in [1.165, 1.54) is 12.1 Å². The number of aryl methyl sites for hydroxylation is 1. The van der Waals surface area contributed by atoms with Crippen molar-refractivity contribution in [1.29, 1.82) is 0 Å². The van der Waals surface area contributed by atoms with Gasteiger partial charge in [-0.2, -0.15) is 0 Å². The Kier molecular flexibility index (Phi) is 6.88. The summed E-state index contributed by atoms with van der Waals surface area (Å²) in [5.74, 6) is 1.40. The molecule has 1 saturated carbocycles. The number of anilines is 1. The van der Waals surface area contributed by atoms with Crippen LogP contribution in [0.4, 0.5) is 15.9 Å². The van der Waals surface area contributed by atoms with E-state index in [0.29, 0.717) is 35.9 Å². The van der Waals surface area contributed by atoms with Gasteiger partial charge in [-0.3, -0.25) is 9.69 Å². The van der Waals surface area contributed by atoms with Crippen LogP contribution in [-0.2, 0) is 7.05 Å². The molecule has 1 unspecified atom stereocenters. The minimum absolute atomic E-state index is 0.0780. The van der Waals surface area contributed by atoms with Crippen molar-refractivity contribution in [2.75, 3.05) is 18.0 Å². The Morgan fingerprint density at radius 3 is 2.50 bits per heavy atom. The molecule has 206 valence electrons. The zero-order valence-corrected chi connectivity index (χ0v) is 23.0. The Labute approximate surface area is 232 Å². The number of rotatable bonds is 7. The molecular formula is C31H33FN6O2. The first-order chi connectivity index (χ1) is 19.4. The molecule has 1 saturated heterocycles. The van der Waals surface area contributed by atoms with Crippen LogP contribution in [-0.4, -0.2) is 44.8 Å². The van der Waals surface area contributed by atoms with E-state index in [9.17, 15) is 9.18 Å². The van der Waals surface area contributed by atoms with Gasteiger partial charge in [-0.25, -0.2) is 4.39 Å². The summed E-state index contributed by atoms with van der Waals surface area (Å²) in [6.07, 6.45) is 3.95. The molecule has 2 aliphatic rings. The van der Waals surface area contributed by atoms with Crippen molar-refractivity contribution in [1.82, 2.24) is 19.6 Å². The molecule has 0 N–H and O–H groups in total. The van der Waals surface area contributed by atoms with Gasteiger partial charge in [0.1, 0.15) is 17.3 Å². The van der Waals surface area contributed by atoms with Crippen LogP contribution < -0.4 is 10.5 Å². The molecule has 2 fully saturated rings. The highest BCUT2D eigenvalue weighted by molar-refractivity contribution is 5.89. The topological polar surface area (TPSA) is 71.8 Å². The van der Waals surface area contributed by atoms with Crippen LogP contribution >= 0.6 is 0 Å². The number of aromatic nitrogens is 3. The number of piperazine rings is 1. The summed E-state index contributed by atoms with van der Waals surface area (Å²) < 4.78 is 21.3. The molecule has 40 heavy (non-hydrogen) atoms. The molecule has 6 rings (SSSR count). The van der Waals surface area contributed by atoms with Crippen molar-refractivity contribution in [3.05, 3.63) is 93.1 Å². The first-order valence-corrected chi connectivity index (χ1v) is 14.0. The second kappa shape index (κ2) is 10.5. The SMILES string of the molecule is [C-]#[N+]c1ccc2c(n1)c(N1C[C@@H](CC)N(C(c3ccc(F)cc3)c3cc(C4CC4)on3)C[C@@H]1CC)cc(=O)n2C. The quantitative estimate of drug-likeness (QED) is 0.270. The number of halogens is 1. The molecule has 0 bridgehead atoms. The zero-order chi connectivity index (χ0) is 28.0. The van der Waals surface area contributed by atoms with Gasteiger partial charge in [0.05, 0.1) is 17.2 Å². The zero-order valence-electron chi connectivity index (χ0n) is 23.0. The average molecular weight is 541 g/mol. The number of nitrogens with zero attached hydrogens (tertiary/aromatic N) is 6. The largest absolute Gasteiger partial charge is 0.362 e. The van der Waals surface area contributed by atoms with Crippen LogP contribution in [0.5, 0.6) is 0 Å². The summed E-state index contributed by atoms with van der Waals surface area (Å²) in [7, 11) is 1.73. The van der Waals surface area contributed by atoms with E-state index in [-0.39, 0.29) is 29.5 Å². The highest BCUT2D eigenvalue weighted by Crippen LogP contribution is 2.43. The number of hydrogen-bond donors (Lipinski definition) is 0. The number of fused-ring (bicyclic) bond motifs is 1. The van der Waals surface area contributed by atoms with Gasteiger partial charge < -0.3 is 18.8 Å². The van der Waals surface area contributed by atoms with E-state index >= 15 is 0 Å². The maximum absolute atomic E-state index is 13.9. The predicted molar refractivity (Wildman–Crippen MR) is 152 cm³/mol. The summed E-state index contributed by atoms with van der Waals surface area (Å²) in [6, 6.07) is 13.9. The molecular weight excluding hydrogens is 507 g/mol. The van der Waals surface area contributed by atoms with Gasteiger partial charge in [-0.05, 0) is 55.5 Å². The third-order valence-electron chi connectivity index (χ3n) is 8.48. The van der Waals surface area contributed by atoms with E-state index in [1.54, 1.807) is 23.7 Å². The molecule has 8 nitrogen and oxygen atoms in total. The van der Waals surface area contributed by atoms with Crippen LogP contribution in [0.1, 0.15) is 68.5 Å². The summed E-state index contributed by atoms with van der Waals surface area (Å²) in [5.41, 5.74) is 3.85. The lowest BCUT2D eigenvalue weighted by atomic mass is 9.94. The second-order valence-electron chi connectivity index (χ2n) is 10.9. The minimum Gasteiger partial charge on any atom is -0.362 e. The lowest BCUT2D eigenvalue weighted by Crippen LogP contribution is -2.59. The second-order valence-corrected chi connectivity index (χ2v) is 10.9. The lowest BCUT2D eigenvalue weighted by Gasteiger charge is -2.49. The van der Waals surface area contributed by atoms with Gasteiger partial charge >= 0.3 is 0 Å². The molecule has 4 heterocycles. The minimum atomic E-state index is -0.270. The van der Waals surface area contributed by atoms with Crippen molar-refractivity contribution in [2.24, 2.45) is 7.05 Å². The molecule has 3 atom stereocenters. The van der Waals surface area contributed by atoms with Crippen LogP contribution in [0.3, 0.4) is 0 Å². The molecule has 3 aromatic heterocycles. The van der Waals surface area contributed by atoms with Gasteiger partial charge in [0.25, 0.3) is 11.4 Å². The Morgan fingerprint density at radius 1 is 1.07 bits per heavy atom. The Morgan fingerprint density at radius 2 is 1.82 bits per heavy atom. The average Bonchev–Trinajstić information content (AvgIpc) is 3.72. The molecule has 0 radical (unpaired) electrons. The monoisotopic (exact) mass is 540 g/mol. The maximum atomic E-state index is 13.9. The van der Waals surface area contributed by atoms with Crippen molar-refractivity contribution in [3.8, 4) is 0 Å². The Hall–Kier alpha value is -4.03. The molecule has 1 aliphatic carbocycles. The summed E-state index contributed by atoms with van der Waals surface area (Å²) in [6.45, 7) is 13.2. The van der Waals surface area contributed by atoms with Crippen LogP contribution in [0.2, 0.25) is 0 Å². The fourth-order valence-electron chi connectivity index (χ4n) is 6.05. The van der Waals surface area contributed by atoms with E-state index in [2.05, 4.69) is 44.7 Å². The number of hydrogen-bond acceptors (Lipinski definition) is 6. The molecule has 1 aromatic carbocycles. The van der Waals surface area contributed by atoms with Gasteiger partial charge in [0.15, 0.2) is 0 Å². The van der Waals surface area contributed by atoms with Crippen molar-refractivity contribution >= 4 is 22.5 Å². The van der Waals surface area contributed by atoms with E-state index in [4.69, 9.17) is 11.1 Å². The molecule has 4 aromatic rings. The van der Waals surface area contributed by atoms with Crippen molar-refractivity contribution in [3.63, 3.8) is 0 Å². The summed E-state index contributed by atoms with van der Waals surface area (Å²) >= 11 is 0. The van der Waals surface area contributed by atoms with E-state index in [0.717, 1.165) is 48.4 Å². The van der Waals surface area contributed by atoms with Gasteiger partial charge in [-0.1, -0.05) is 37.7 Å². The normalized spacial score (nSPS) is 20.5. The van der Waals surface area contributed by atoms with Crippen LogP contribution in [0.15, 0.2) is 57.8 Å². The third kappa shape index (κ3) is 4.66. The number of benzene rings is 1. The predicted octanol–water partition coefficient (Wildman–Crippen LogP) is 5.96. The molecule has 0 amide bonds. The first kappa shape index (κ1) is 26.2. The maximum Gasteiger partial charge on any atom is 0.270 e. The van der Waals surface area contributed by atoms with E-state index < -0.39 is 0 Å². The highest BCUT2D eigenvalue weighted by atomic mass is 19.1. The summed E-state index contributed by atoms with van der Waals surface area (Å²) in [4.78, 5) is 26.0. The molecule has 9 heteroatoms. The fraction of sp³-hybridized carbons (Fsp3) is 0.419. The van der Waals surface area contributed by atoms with Crippen molar-refractivity contribution < 1.29 is 8.91 Å². The molecule has 0 spiro atoms. The van der Waals surface area contributed by atoms with Gasteiger partial charge in [0.2, 0.25) is 5.52 Å². The third-order valence-corrected chi connectivity index (χ3v) is 8.48. The van der Waals surface area contributed by atoms with Crippen LogP contribution in [0, 0.1) is 12.4 Å². The lowest BCUT2D eigenvalue weighted by molar-refractivity contribution is 0.107. The van der Waals surface area contributed by atoms with E-state index in [1.807, 2.05) is 18.2 Å². The fourth-order valence-corrected chi connectivity index (χ4v) is 6.05. The Bertz CT molecular complexity index is 1630. The van der Waals surface area contributed by atoms with Crippen LogP contribution in [0.25, 0.3) is 15.9 Å². The van der Waals surface area contributed by atoms with Gasteiger partial charge in [-0.15, -0.1) is 4.98 Å². The first-order valence-electron chi connectivity index (χ1n) is 14.0. The van der Waals surface area contributed by atoms with Crippen molar-refractivity contribution in [2.45, 2.75) is 63.6 Å². The Balaban J connectivity index is 1.43. The van der Waals surface area contributed by atoms with Gasteiger partial charge in [0, 0.05) is 50.3 Å². The smallest absolute Gasteiger partial charge is 0.270 e. The highest BCUT2D eigenvalue weighted by Gasteiger charge is 2.40. The standard InChI is InChI=1S/C31H33FN6O2/c1-5-22-18-38(31(20-9-11-21(32)12-10-20)24-15-27(40-35-24)19-7-8-19)23(6-2)17-37(22)26-16-29(39)36(4)25-13-14-28(33-3)34-30(25)26/h9-16,19,22-23,31H,5-8,17-18H2,1-2,4H3/t22-,23+,31?/m0/s1.